The quantitative estimate of drug-likeness (QED) is 0.451. The first-order valence-corrected chi connectivity index (χ1v) is 13.8. The van der Waals surface area contributed by atoms with Gasteiger partial charge in [-0.1, -0.05) is 12.1 Å². The molecule has 192 valence electrons. The van der Waals surface area contributed by atoms with E-state index in [1.165, 1.54) is 6.26 Å². The lowest BCUT2D eigenvalue weighted by atomic mass is 9.86. The van der Waals surface area contributed by atoms with E-state index in [-0.39, 0.29) is 11.9 Å². The number of amides is 1. The molecule has 1 saturated carbocycles. The molecule has 4 rings (SSSR count). The second-order valence-electron chi connectivity index (χ2n) is 9.31. The molecule has 0 atom stereocenters. The van der Waals surface area contributed by atoms with Gasteiger partial charge in [0.1, 0.15) is 17.8 Å². The number of carbonyl (C=O) groups is 1. The van der Waals surface area contributed by atoms with E-state index in [1.807, 2.05) is 41.9 Å². The molecule has 1 aromatic carbocycles. The van der Waals surface area contributed by atoms with Crippen molar-refractivity contribution in [3.05, 3.63) is 59.7 Å². The molecule has 0 bridgehead atoms. The van der Waals surface area contributed by atoms with E-state index >= 15 is 0 Å². The Balaban J connectivity index is 1.37. The summed E-state index contributed by atoms with van der Waals surface area (Å²) in [5.41, 5.74) is 2.67. The summed E-state index contributed by atoms with van der Waals surface area (Å²) in [4.78, 5) is 21.6. The lowest BCUT2D eigenvalue weighted by Gasteiger charge is -2.28. The molecule has 2 heterocycles. The van der Waals surface area contributed by atoms with Gasteiger partial charge in [-0.05, 0) is 68.4 Å². The minimum Gasteiger partial charge on any atom is -0.497 e. The number of sulfonamides is 1. The monoisotopic (exact) mass is 512 g/mol. The molecule has 0 spiro atoms. The number of carbonyl (C=O) groups excluding carboxylic acids is 1. The smallest absolute Gasteiger partial charge is 0.270 e. The van der Waals surface area contributed by atoms with E-state index in [9.17, 15) is 13.2 Å². The third-order valence-corrected chi connectivity index (χ3v) is 7.00. The summed E-state index contributed by atoms with van der Waals surface area (Å²) < 4.78 is 32.7. The predicted octanol–water partition coefficient (Wildman–Crippen LogP) is 2.70. The number of ether oxygens (including phenoxy) is 1. The topological polar surface area (TPSA) is 128 Å². The first-order chi connectivity index (χ1) is 17.2. The number of rotatable bonds is 9. The molecule has 0 radical (unpaired) electrons. The van der Waals surface area contributed by atoms with E-state index in [1.54, 1.807) is 19.5 Å². The van der Waals surface area contributed by atoms with Crippen molar-refractivity contribution in [2.24, 2.45) is 5.92 Å². The van der Waals surface area contributed by atoms with Crippen LogP contribution in [0.3, 0.4) is 0 Å². The highest BCUT2D eigenvalue weighted by molar-refractivity contribution is 7.88. The van der Waals surface area contributed by atoms with Crippen LogP contribution in [0.2, 0.25) is 0 Å². The van der Waals surface area contributed by atoms with Gasteiger partial charge in [-0.15, -0.1) is 0 Å². The average Bonchev–Trinajstić information content (AvgIpc) is 3.31. The molecule has 10 nitrogen and oxygen atoms in total. The predicted molar refractivity (Wildman–Crippen MR) is 136 cm³/mol. The summed E-state index contributed by atoms with van der Waals surface area (Å²) in [5, 5.41) is 7.53. The maximum atomic E-state index is 12.8. The molecular weight excluding hydrogens is 480 g/mol. The Hall–Kier alpha value is -3.31. The Bertz CT molecular complexity index is 1320. The maximum absolute atomic E-state index is 12.8. The number of nitrogens with zero attached hydrogens (tertiary/aromatic N) is 4. The standard InChI is InChI=1S/C25H32N6O4S/c1-17-11-20(13-23(28-17)25(32)26-14-19-5-4-6-22(12-19)35-2)24-27-16-31(29-24)15-18-7-9-21(10-8-18)30-36(3,33)34/h4-6,11-13,16,18,21,30H,7-10,14-15H2,1-3H3,(H,26,32)/t18-,21-. The Morgan fingerprint density at radius 2 is 1.94 bits per heavy atom. The third kappa shape index (κ3) is 7.11. The molecule has 36 heavy (non-hydrogen) atoms. The molecule has 0 unspecified atom stereocenters. The summed E-state index contributed by atoms with van der Waals surface area (Å²) >= 11 is 0. The molecule has 0 aliphatic heterocycles. The van der Waals surface area contributed by atoms with Crippen LogP contribution in [0.25, 0.3) is 11.4 Å². The number of nitrogens with one attached hydrogen (secondary N) is 2. The van der Waals surface area contributed by atoms with Gasteiger partial charge in [-0.2, -0.15) is 5.10 Å². The van der Waals surface area contributed by atoms with Gasteiger partial charge >= 0.3 is 0 Å². The minimum absolute atomic E-state index is 0.0100. The fourth-order valence-electron chi connectivity index (χ4n) is 4.51. The van der Waals surface area contributed by atoms with Crippen molar-refractivity contribution < 1.29 is 17.9 Å². The molecule has 1 aliphatic carbocycles. The number of hydrogen-bond donors (Lipinski definition) is 2. The van der Waals surface area contributed by atoms with Crippen molar-refractivity contribution in [2.45, 2.75) is 51.7 Å². The van der Waals surface area contributed by atoms with Crippen molar-refractivity contribution in [3.8, 4) is 17.1 Å². The van der Waals surface area contributed by atoms with Crippen molar-refractivity contribution in [1.82, 2.24) is 29.8 Å². The number of pyridine rings is 1. The molecule has 3 aromatic rings. The Morgan fingerprint density at radius 1 is 1.17 bits per heavy atom. The van der Waals surface area contributed by atoms with Crippen LogP contribution in [0.4, 0.5) is 0 Å². The summed E-state index contributed by atoms with van der Waals surface area (Å²) in [6, 6.07) is 11.1. The normalized spacial score (nSPS) is 18.1. The summed E-state index contributed by atoms with van der Waals surface area (Å²) in [7, 11) is -1.57. The highest BCUT2D eigenvalue weighted by Crippen LogP contribution is 2.26. The number of methoxy groups -OCH3 is 1. The minimum atomic E-state index is -3.18. The maximum Gasteiger partial charge on any atom is 0.270 e. The Morgan fingerprint density at radius 3 is 2.67 bits per heavy atom. The van der Waals surface area contributed by atoms with Crippen molar-refractivity contribution in [2.75, 3.05) is 13.4 Å². The van der Waals surface area contributed by atoms with Gasteiger partial charge in [0.2, 0.25) is 10.0 Å². The van der Waals surface area contributed by atoms with Gasteiger partial charge in [0.15, 0.2) is 5.82 Å². The van der Waals surface area contributed by atoms with Gasteiger partial charge in [-0.25, -0.2) is 23.1 Å². The lowest BCUT2D eigenvalue weighted by Crippen LogP contribution is -2.37. The molecule has 1 fully saturated rings. The van der Waals surface area contributed by atoms with Crippen LogP contribution >= 0.6 is 0 Å². The summed E-state index contributed by atoms with van der Waals surface area (Å²) in [6.45, 7) is 2.91. The molecule has 1 amide bonds. The van der Waals surface area contributed by atoms with Gasteiger partial charge in [0.05, 0.1) is 13.4 Å². The number of hydrogen-bond acceptors (Lipinski definition) is 7. The fourth-order valence-corrected chi connectivity index (χ4v) is 5.36. The van der Waals surface area contributed by atoms with Crippen molar-refractivity contribution >= 4 is 15.9 Å². The van der Waals surface area contributed by atoms with Crippen LogP contribution < -0.4 is 14.8 Å². The van der Waals surface area contributed by atoms with Gasteiger partial charge < -0.3 is 10.1 Å². The number of benzene rings is 1. The first-order valence-electron chi connectivity index (χ1n) is 12.0. The average molecular weight is 513 g/mol. The first kappa shape index (κ1) is 25.8. The molecule has 1 aliphatic rings. The Labute approximate surface area is 211 Å². The van der Waals surface area contributed by atoms with Crippen LogP contribution in [0, 0.1) is 12.8 Å². The van der Waals surface area contributed by atoms with Crippen molar-refractivity contribution in [1.29, 1.82) is 0 Å². The molecular formula is C25H32N6O4S. The third-order valence-electron chi connectivity index (χ3n) is 6.24. The van der Waals surface area contributed by atoms with Crippen LogP contribution in [0.15, 0.2) is 42.7 Å². The molecule has 2 N–H and O–H groups in total. The Kier molecular flexibility index (Phi) is 8.00. The van der Waals surface area contributed by atoms with Crippen molar-refractivity contribution in [3.63, 3.8) is 0 Å². The van der Waals surface area contributed by atoms with E-state index < -0.39 is 10.0 Å². The zero-order valence-electron chi connectivity index (χ0n) is 20.8. The van der Waals surface area contributed by atoms with Crippen LogP contribution in [-0.2, 0) is 23.1 Å². The molecule has 11 heteroatoms. The SMILES string of the molecule is COc1cccc(CNC(=O)c2cc(-c3ncn(C[C@H]4CC[C@H](NS(C)(=O)=O)CC4)n3)cc(C)n2)c1. The van der Waals surface area contributed by atoms with Gasteiger partial charge in [0.25, 0.3) is 5.91 Å². The van der Waals surface area contributed by atoms with E-state index in [4.69, 9.17) is 4.74 Å². The number of aromatic nitrogens is 4. The zero-order valence-corrected chi connectivity index (χ0v) is 21.6. The second kappa shape index (κ2) is 11.2. The number of aryl methyl sites for hydroxylation is 1. The zero-order chi connectivity index (χ0) is 25.7. The fraction of sp³-hybridized carbons (Fsp3) is 0.440. The molecule has 2 aromatic heterocycles. The molecule has 0 saturated heterocycles. The van der Waals surface area contributed by atoms with Crippen LogP contribution in [0.1, 0.15) is 47.4 Å². The van der Waals surface area contributed by atoms with Gasteiger partial charge in [-0.3, -0.25) is 9.48 Å². The van der Waals surface area contributed by atoms with E-state index in [2.05, 4.69) is 25.1 Å². The van der Waals surface area contributed by atoms with Crippen LogP contribution in [-0.4, -0.2) is 53.5 Å². The largest absolute Gasteiger partial charge is 0.497 e. The van der Waals surface area contributed by atoms with Gasteiger partial charge in [0, 0.05) is 30.4 Å². The van der Waals surface area contributed by atoms with Crippen LogP contribution in [0.5, 0.6) is 5.75 Å². The summed E-state index contributed by atoms with van der Waals surface area (Å²) in [5.74, 6) is 1.41. The second-order valence-corrected chi connectivity index (χ2v) is 11.1. The summed E-state index contributed by atoms with van der Waals surface area (Å²) in [6.07, 6.45) is 6.39. The van der Waals surface area contributed by atoms with E-state index in [0.29, 0.717) is 29.7 Å². The highest BCUT2D eigenvalue weighted by Gasteiger charge is 2.24. The van der Waals surface area contributed by atoms with E-state index in [0.717, 1.165) is 49.1 Å². The lowest BCUT2D eigenvalue weighted by molar-refractivity contribution is 0.0945. The highest BCUT2D eigenvalue weighted by atomic mass is 32.2.